The van der Waals surface area contributed by atoms with Crippen molar-refractivity contribution < 1.29 is 24.2 Å². The van der Waals surface area contributed by atoms with Crippen molar-refractivity contribution in [3.63, 3.8) is 0 Å². The summed E-state index contributed by atoms with van der Waals surface area (Å²) in [5.41, 5.74) is 1.67. The number of carboxylic acids is 1. The maximum absolute atomic E-state index is 10.5. The zero-order valence-electron chi connectivity index (χ0n) is 11.1. The number of carbonyl (C=O) groups excluding carboxylic acids is 1. The summed E-state index contributed by atoms with van der Waals surface area (Å²) < 4.78 is 10.3. The highest BCUT2D eigenvalue weighted by atomic mass is 16.5. The van der Waals surface area contributed by atoms with E-state index in [0.717, 1.165) is 11.1 Å². The number of rotatable bonds is 8. The number of hydrogen-bond acceptors (Lipinski definition) is 4. The van der Waals surface area contributed by atoms with E-state index in [1.807, 2.05) is 19.1 Å². The third-order valence-electron chi connectivity index (χ3n) is 2.86. The van der Waals surface area contributed by atoms with E-state index in [0.29, 0.717) is 25.1 Å². The quantitative estimate of drug-likeness (QED) is 0.731. The van der Waals surface area contributed by atoms with Crippen molar-refractivity contribution in [3.05, 3.63) is 29.3 Å². The Kier molecular flexibility index (Phi) is 5.85. The Morgan fingerprint density at radius 2 is 2.21 bits per heavy atom. The molecule has 1 N–H and O–H groups in total. The maximum Gasteiger partial charge on any atom is 0.303 e. The molecule has 0 radical (unpaired) electrons. The molecule has 1 atom stereocenters. The standard InChI is InChI=1S/C14H18O5/c1-3-12(19-9-15)11-6-4-10(5-7-14(16)17)8-13(11)18-2/h4,6,8-9,12H,3,5,7H2,1-2H3,(H,16,17). The van der Waals surface area contributed by atoms with Gasteiger partial charge in [0.25, 0.3) is 6.47 Å². The van der Waals surface area contributed by atoms with E-state index in [1.165, 1.54) is 7.11 Å². The second kappa shape index (κ2) is 7.41. The van der Waals surface area contributed by atoms with Gasteiger partial charge in [-0.3, -0.25) is 9.59 Å². The van der Waals surface area contributed by atoms with Gasteiger partial charge in [-0.05, 0) is 24.5 Å². The summed E-state index contributed by atoms with van der Waals surface area (Å²) >= 11 is 0. The number of carboxylic acid groups (broad SMARTS) is 1. The Bertz CT molecular complexity index is 441. The van der Waals surface area contributed by atoms with Gasteiger partial charge in [0.1, 0.15) is 11.9 Å². The zero-order chi connectivity index (χ0) is 14.3. The minimum atomic E-state index is -0.834. The number of benzene rings is 1. The fourth-order valence-corrected chi connectivity index (χ4v) is 1.88. The van der Waals surface area contributed by atoms with E-state index in [1.54, 1.807) is 6.07 Å². The first-order chi connectivity index (χ1) is 9.12. The fraction of sp³-hybridized carbons (Fsp3) is 0.429. The third-order valence-corrected chi connectivity index (χ3v) is 2.86. The summed E-state index contributed by atoms with van der Waals surface area (Å²) in [4.78, 5) is 21.0. The molecule has 104 valence electrons. The van der Waals surface area contributed by atoms with Crippen molar-refractivity contribution in [1.29, 1.82) is 0 Å². The highest BCUT2D eigenvalue weighted by Gasteiger charge is 2.16. The van der Waals surface area contributed by atoms with Gasteiger partial charge in [-0.15, -0.1) is 0 Å². The SMILES string of the molecule is CCC(OC=O)c1ccc(CCC(=O)O)cc1OC. The third kappa shape index (κ3) is 4.28. The van der Waals surface area contributed by atoms with Crippen molar-refractivity contribution in [2.24, 2.45) is 0 Å². The number of aryl methyl sites for hydroxylation is 1. The molecule has 0 saturated heterocycles. The van der Waals surface area contributed by atoms with Gasteiger partial charge in [0, 0.05) is 12.0 Å². The molecule has 5 heteroatoms. The van der Waals surface area contributed by atoms with Crippen LogP contribution in [0.5, 0.6) is 5.75 Å². The van der Waals surface area contributed by atoms with Crippen LogP contribution in [-0.4, -0.2) is 24.7 Å². The number of ether oxygens (including phenoxy) is 2. The largest absolute Gasteiger partial charge is 0.496 e. The minimum absolute atomic E-state index is 0.0740. The monoisotopic (exact) mass is 266 g/mol. The predicted molar refractivity (Wildman–Crippen MR) is 69.1 cm³/mol. The molecular formula is C14H18O5. The summed E-state index contributed by atoms with van der Waals surface area (Å²) in [6.07, 6.45) is 0.812. The summed E-state index contributed by atoms with van der Waals surface area (Å²) in [5.74, 6) is -0.227. The highest BCUT2D eigenvalue weighted by molar-refractivity contribution is 5.67. The molecule has 0 amide bonds. The van der Waals surface area contributed by atoms with Crippen LogP contribution in [0.25, 0.3) is 0 Å². The lowest BCUT2D eigenvalue weighted by atomic mass is 10.0. The Hall–Kier alpha value is -2.04. The van der Waals surface area contributed by atoms with Crippen LogP contribution in [0, 0.1) is 0 Å². The summed E-state index contributed by atoms with van der Waals surface area (Å²) in [6, 6.07) is 5.43. The average Bonchev–Trinajstić information content (AvgIpc) is 2.42. The Morgan fingerprint density at radius 1 is 1.47 bits per heavy atom. The topological polar surface area (TPSA) is 72.8 Å². The lowest BCUT2D eigenvalue weighted by molar-refractivity contribution is -0.137. The summed E-state index contributed by atoms with van der Waals surface area (Å²) in [7, 11) is 1.54. The van der Waals surface area contributed by atoms with E-state index in [2.05, 4.69) is 0 Å². The number of hydrogen-bond donors (Lipinski definition) is 1. The van der Waals surface area contributed by atoms with Crippen molar-refractivity contribution in [3.8, 4) is 5.75 Å². The molecule has 1 rings (SSSR count). The average molecular weight is 266 g/mol. The van der Waals surface area contributed by atoms with Gasteiger partial charge in [0.15, 0.2) is 0 Å². The normalized spacial score (nSPS) is 11.7. The highest BCUT2D eigenvalue weighted by Crippen LogP contribution is 2.30. The number of methoxy groups -OCH3 is 1. The Morgan fingerprint density at radius 3 is 2.74 bits per heavy atom. The molecule has 0 aliphatic rings. The molecule has 0 fully saturated rings. The van der Waals surface area contributed by atoms with Crippen LogP contribution in [0.3, 0.4) is 0 Å². The van der Waals surface area contributed by atoms with Gasteiger partial charge in [-0.2, -0.15) is 0 Å². The van der Waals surface area contributed by atoms with Crippen molar-refractivity contribution in [2.75, 3.05) is 7.11 Å². The van der Waals surface area contributed by atoms with E-state index in [4.69, 9.17) is 14.6 Å². The molecule has 1 aromatic carbocycles. The first-order valence-electron chi connectivity index (χ1n) is 6.10. The maximum atomic E-state index is 10.5. The van der Waals surface area contributed by atoms with Crippen LogP contribution < -0.4 is 4.74 Å². The molecular weight excluding hydrogens is 248 g/mol. The lowest BCUT2D eigenvalue weighted by Crippen LogP contribution is -2.05. The predicted octanol–water partition coefficient (Wildman–Crippen LogP) is 2.34. The molecule has 0 saturated carbocycles. The van der Waals surface area contributed by atoms with E-state index in [-0.39, 0.29) is 12.5 Å². The van der Waals surface area contributed by atoms with Crippen LogP contribution in [0.4, 0.5) is 0 Å². The van der Waals surface area contributed by atoms with Gasteiger partial charge in [0.2, 0.25) is 0 Å². The van der Waals surface area contributed by atoms with Crippen molar-refractivity contribution in [1.82, 2.24) is 0 Å². The second-order valence-electron chi connectivity index (χ2n) is 4.10. The summed E-state index contributed by atoms with van der Waals surface area (Å²) in [5, 5.41) is 8.66. The van der Waals surface area contributed by atoms with Crippen molar-refractivity contribution in [2.45, 2.75) is 32.3 Å². The molecule has 1 aromatic rings. The first-order valence-corrected chi connectivity index (χ1v) is 6.10. The molecule has 1 unspecified atom stereocenters. The van der Waals surface area contributed by atoms with Gasteiger partial charge in [0.05, 0.1) is 7.11 Å². The van der Waals surface area contributed by atoms with E-state index in [9.17, 15) is 9.59 Å². The van der Waals surface area contributed by atoms with Crippen LogP contribution in [0.1, 0.15) is 37.0 Å². The lowest BCUT2D eigenvalue weighted by Gasteiger charge is -2.17. The van der Waals surface area contributed by atoms with Crippen LogP contribution in [-0.2, 0) is 20.7 Å². The molecule has 0 heterocycles. The first kappa shape index (κ1) is 15.0. The molecule has 0 aliphatic heterocycles. The van der Waals surface area contributed by atoms with Gasteiger partial charge < -0.3 is 14.6 Å². The molecule has 19 heavy (non-hydrogen) atoms. The van der Waals surface area contributed by atoms with E-state index >= 15 is 0 Å². The van der Waals surface area contributed by atoms with E-state index < -0.39 is 5.97 Å². The molecule has 0 aliphatic carbocycles. The molecule has 0 aromatic heterocycles. The smallest absolute Gasteiger partial charge is 0.303 e. The number of aliphatic carboxylic acids is 1. The zero-order valence-corrected chi connectivity index (χ0v) is 11.1. The van der Waals surface area contributed by atoms with Crippen LogP contribution in [0.15, 0.2) is 18.2 Å². The Labute approximate surface area is 112 Å². The van der Waals surface area contributed by atoms with Crippen LogP contribution >= 0.6 is 0 Å². The molecule has 5 nitrogen and oxygen atoms in total. The second-order valence-corrected chi connectivity index (χ2v) is 4.10. The van der Waals surface area contributed by atoms with Crippen LogP contribution in [0.2, 0.25) is 0 Å². The minimum Gasteiger partial charge on any atom is -0.496 e. The van der Waals surface area contributed by atoms with Gasteiger partial charge >= 0.3 is 5.97 Å². The molecule has 0 spiro atoms. The Balaban J connectivity index is 2.94. The van der Waals surface area contributed by atoms with Gasteiger partial charge in [-0.1, -0.05) is 19.1 Å². The summed E-state index contributed by atoms with van der Waals surface area (Å²) in [6.45, 7) is 2.33. The van der Waals surface area contributed by atoms with Gasteiger partial charge in [-0.25, -0.2) is 0 Å². The number of carbonyl (C=O) groups is 2. The van der Waals surface area contributed by atoms with Crippen molar-refractivity contribution >= 4 is 12.4 Å². The molecule has 0 bridgehead atoms. The fourth-order valence-electron chi connectivity index (χ4n) is 1.88.